The number of rotatable bonds is 6. The van der Waals surface area contributed by atoms with E-state index in [0.717, 1.165) is 29.4 Å². The van der Waals surface area contributed by atoms with Crippen molar-refractivity contribution in [2.45, 2.75) is 18.0 Å². The van der Waals surface area contributed by atoms with Gasteiger partial charge in [0.05, 0.1) is 5.69 Å². The Balaban J connectivity index is 2.08. The number of aliphatic hydroxyl groups is 1. The van der Waals surface area contributed by atoms with E-state index < -0.39 is 0 Å². The number of aromatic nitrogens is 3. The minimum Gasteiger partial charge on any atom is -0.396 e. The minimum atomic E-state index is 0.238. The van der Waals surface area contributed by atoms with Crippen molar-refractivity contribution in [1.82, 2.24) is 14.8 Å². The van der Waals surface area contributed by atoms with Crippen LogP contribution in [0, 0.1) is 0 Å². The lowest BCUT2D eigenvalue weighted by Crippen LogP contribution is -1.96. The van der Waals surface area contributed by atoms with E-state index >= 15 is 0 Å². The molecule has 6 heteroatoms. The van der Waals surface area contributed by atoms with Crippen LogP contribution < -0.4 is 0 Å². The number of hydrogen-bond donors (Lipinski definition) is 1. The van der Waals surface area contributed by atoms with Gasteiger partial charge in [0.25, 0.3) is 0 Å². The van der Waals surface area contributed by atoms with Crippen molar-refractivity contribution in [1.29, 1.82) is 0 Å². The number of unbranched alkanes of at least 4 members (excludes halogenated alkanes) is 1. The number of thioether (sulfide) groups is 1. The van der Waals surface area contributed by atoms with Gasteiger partial charge in [0, 0.05) is 17.4 Å². The molecular weight excluding hydrogens is 270 g/mol. The summed E-state index contributed by atoms with van der Waals surface area (Å²) in [5.41, 5.74) is 0.956. The van der Waals surface area contributed by atoms with Crippen molar-refractivity contribution >= 4 is 23.4 Å². The molecule has 0 spiro atoms. The van der Waals surface area contributed by atoms with Crippen LogP contribution in [0.25, 0.3) is 5.69 Å². The zero-order valence-corrected chi connectivity index (χ0v) is 11.4. The summed E-state index contributed by atoms with van der Waals surface area (Å²) in [5, 5.41) is 18.3. The lowest BCUT2D eigenvalue weighted by atomic mass is 10.3. The first-order valence-electron chi connectivity index (χ1n) is 5.71. The molecule has 1 aromatic carbocycles. The molecule has 0 saturated heterocycles. The molecule has 0 unspecified atom stereocenters. The van der Waals surface area contributed by atoms with Gasteiger partial charge in [-0.2, -0.15) is 0 Å². The highest BCUT2D eigenvalue weighted by molar-refractivity contribution is 7.99. The average molecular weight is 284 g/mol. The van der Waals surface area contributed by atoms with Gasteiger partial charge in [-0.25, -0.2) is 0 Å². The van der Waals surface area contributed by atoms with Crippen LogP contribution in [-0.2, 0) is 0 Å². The molecule has 0 aliphatic carbocycles. The van der Waals surface area contributed by atoms with Gasteiger partial charge in [-0.1, -0.05) is 29.4 Å². The molecule has 1 heterocycles. The fourth-order valence-electron chi connectivity index (χ4n) is 1.50. The van der Waals surface area contributed by atoms with E-state index in [1.165, 1.54) is 0 Å². The summed E-state index contributed by atoms with van der Waals surface area (Å²) in [7, 11) is 0. The first kappa shape index (κ1) is 13.4. The zero-order chi connectivity index (χ0) is 12.8. The van der Waals surface area contributed by atoms with E-state index in [1.54, 1.807) is 18.1 Å². The molecule has 0 saturated carbocycles. The zero-order valence-electron chi connectivity index (χ0n) is 9.79. The van der Waals surface area contributed by atoms with Crippen LogP contribution in [0.2, 0.25) is 5.02 Å². The molecule has 18 heavy (non-hydrogen) atoms. The standard InChI is InChI=1S/C12H14ClN3OS/c13-10-4-3-5-11(8-10)16-9-14-15-12(16)18-7-2-1-6-17/h3-5,8-9,17H,1-2,6-7H2. The highest BCUT2D eigenvalue weighted by atomic mass is 35.5. The Kier molecular flexibility index (Phi) is 5.04. The van der Waals surface area contributed by atoms with Gasteiger partial charge in [-0.05, 0) is 31.0 Å². The molecule has 0 aliphatic rings. The maximum atomic E-state index is 8.73. The van der Waals surface area contributed by atoms with Gasteiger partial charge in [0.1, 0.15) is 6.33 Å². The summed E-state index contributed by atoms with van der Waals surface area (Å²) in [4.78, 5) is 0. The maximum Gasteiger partial charge on any atom is 0.195 e. The Bertz CT molecular complexity index is 504. The third kappa shape index (κ3) is 3.48. The van der Waals surface area contributed by atoms with E-state index in [4.69, 9.17) is 16.7 Å². The minimum absolute atomic E-state index is 0.238. The first-order chi connectivity index (χ1) is 8.81. The fourth-order valence-corrected chi connectivity index (χ4v) is 2.62. The predicted octanol–water partition coefficient (Wildman–Crippen LogP) is 2.79. The molecule has 0 fully saturated rings. The summed E-state index contributed by atoms with van der Waals surface area (Å²) in [5.74, 6) is 0.916. The molecule has 2 rings (SSSR count). The van der Waals surface area contributed by atoms with Gasteiger partial charge < -0.3 is 5.11 Å². The highest BCUT2D eigenvalue weighted by Gasteiger charge is 2.06. The van der Waals surface area contributed by atoms with Gasteiger partial charge >= 0.3 is 0 Å². The van der Waals surface area contributed by atoms with Crippen LogP contribution in [0.15, 0.2) is 35.7 Å². The normalized spacial score (nSPS) is 10.8. The molecule has 0 bridgehead atoms. The Morgan fingerprint density at radius 1 is 1.33 bits per heavy atom. The van der Waals surface area contributed by atoms with Crippen molar-refractivity contribution in [3.63, 3.8) is 0 Å². The van der Waals surface area contributed by atoms with Crippen LogP contribution in [0.5, 0.6) is 0 Å². The summed E-state index contributed by atoms with van der Waals surface area (Å²) in [6, 6.07) is 7.58. The monoisotopic (exact) mass is 283 g/mol. The number of aliphatic hydroxyl groups excluding tert-OH is 1. The molecule has 0 aliphatic heterocycles. The number of hydrogen-bond acceptors (Lipinski definition) is 4. The van der Waals surface area contributed by atoms with Crippen LogP contribution in [0.3, 0.4) is 0 Å². The molecule has 0 atom stereocenters. The van der Waals surface area contributed by atoms with Crippen LogP contribution in [0.4, 0.5) is 0 Å². The van der Waals surface area contributed by atoms with Crippen molar-refractivity contribution < 1.29 is 5.11 Å². The molecule has 4 nitrogen and oxygen atoms in total. The van der Waals surface area contributed by atoms with Crippen LogP contribution >= 0.6 is 23.4 Å². The van der Waals surface area contributed by atoms with Crippen molar-refractivity contribution in [3.05, 3.63) is 35.6 Å². The Morgan fingerprint density at radius 3 is 3.00 bits per heavy atom. The largest absolute Gasteiger partial charge is 0.396 e. The fraction of sp³-hybridized carbons (Fsp3) is 0.333. The quantitative estimate of drug-likeness (QED) is 0.654. The molecule has 0 radical (unpaired) electrons. The Hall–Kier alpha value is -1.04. The second-order valence-corrected chi connectivity index (χ2v) is 5.24. The van der Waals surface area contributed by atoms with E-state index in [2.05, 4.69) is 10.2 Å². The molecule has 1 aromatic heterocycles. The highest BCUT2D eigenvalue weighted by Crippen LogP contribution is 2.22. The van der Waals surface area contributed by atoms with E-state index in [0.29, 0.717) is 5.02 Å². The summed E-state index contributed by atoms with van der Waals surface area (Å²) in [6.45, 7) is 0.238. The van der Waals surface area contributed by atoms with Crippen LogP contribution in [0.1, 0.15) is 12.8 Å². The van der Waals surface area contributed by atoms with Crippen molar-refractivity contribution in [3.8, 4) is 5.69 Å². The van der Waals surface area contributed by atoms with E-state index in [-0.39, 0.29) is 6.61 Å². The number of halogens is 1. The lowest BCUT2D eigenvalue weighted by molar-refractivity contribution is 0.287. The first-order valence-corrected chi connectivity index (χ1v) is 7.07. The van der Waals surface area contributed by atoms with Gasteiger partial charge in [0.15, 0.2) is 5.16 Å². The number of benzene rings is 1. The third-order valence-corrected chi connectivity index (χ3v) is 3.65. The smallest absolute Gasteiger partial charge is 0.195 e. The van der Waals surface area contributed by atoms with Crippen LogP contribution in [-0.4, -0.2) is 32.2 Å². The summed E-state index contributed by atoms with van der Waals surface area (Å²) >= 11 is 7.60. The lowest BCUT2D eigenvalue weighted by Gasteiger charge is -2.06. The summed E-state index contributed by atoms with van der Waals surface area (Å²) in [6.07, 6.45) is 3.46. The molecule has 2 aromatic rings. The molecule has 1 N–H and O–H groups in total. The van der Waals surface area contributed by atoms with Gasteiger partial charge in [-0.3, -0.25) is 4.57 Å². The average Bonchev–Trinajstić information content (AvgIpc) is 2.83. The van der Waals surface area contributed by atoms with Crippen molar-refractivity contribution in [2.24, 2.45) is 0 Å². The van der Waals surface area contributed by atoms with E-state index in [9.17, 15) is 0 Å². The second-order valence-electron chi connectivity index (χ2n) is 3.74. The third-order valence-electron chi connectivity index (χ3n) is 2.39. The Labute approximate surface area is 115 Å². The summed E-state index contributed by atoms with van der Waals surface area (Å²) < 4.78 is 1.91. The maximum absolute atomic E-state index is 8.73. The molecule has 0 amide bonds. The van der Waals surface area contributed by atoms with Gasteiger partial charge in [-0.15, -0.1) is 10.2 Å². The predicted molar refractivity (Wildman–Crippen MR) is 73.4 cm³/mol. The number of nitrogens with zero attached hydrogens (tertiary/aromatic N) is 3. The molecular formula is C12H14ClN3OS. The Morgan fingerprint density at radius 2 is 2.22 bits per heavy atom. The van der Waals surface area contributed by atoms with E-state index in [1.807, 2.05) is 28.8 Å². The SMILES string of the molecule is OCCCCSc1nncn1-c1cccc(Cl)c1. The topological polar surface area (TPSA) is 50.9 Å². The second kappa shape index (κ2) is 6.78. The van der Waals surface area contributed by atoms with Crippen molar-refractivity contribution in [2.75, 3.05) is 12.4 Å². The van der Waals surface area contributed by atoms with Gasteiger partial charge in [0.2, 0.25) is 0 Å². The molecule has 96 valence electrons.